The standard InChI is InChI=1S/C14H14N2O2S2/c17-12-6-5-9(14(18)16-12)15-13(10-3-1-7-19-10)11-4-2-8-20-11/h1-4,7-9,13,15H,5-6H2,(H,16,17,18). The Labute approximate surface area is 124 Å². The first-order chi connectivity index (χ1) is 9.74. The molecule has 3 rings (SSSR count). The van der Waals surface area contributed by atoms with E-state index in [0.717, 1.165) is 0 Å². The quantitative estimate of drug-likeness (QED) is 0.852. The zero-order valence-electron chi connectivity index (χ0n) is 10.7. The number of hydrogen-bond donors (Lipinski definition) is 2. The zero-order chi connectivity index (χ0) is 13.9. The topological polar surface area (TPSA) is 58.2 Å². The Bertz CT molecular complexity index is 558. The molecule has 1 fully saturated rings. The molecule has 1 saturated heterocycles. The minimum Gasteiger partial charge on any atom is -0.295 e. The van der Waals surface area contributed by atoms with Crippen molar-refractivity contribution in [2.75, 3.05) is 0 Å². The number of nitrogens with one attached hydrogen (secondary N) is 2. The van der Waals surface area contributed by atoms with E-state index in [1.807, 2.05) is 22.9 Å². The van der Waals surface area contributed by atoms with Gasteiger partial charge in [0.05, 0.1) is 12.1 Å². The van der Waals surface area contributed by atoms with Crippen LogP contribution in [0.15, 0.2) is 35.0 Å². The molecule has 2 aromatic rings. The molecule has 0 radical (unpaired) electrons. The molecular formula is C14H14N2O2S2. The number of carbonyl (C=O) groups is 2. The Morgan fingerprint density at radius 3 is 2.30 bits per heavy atom. The highest BCUT2D eigenvalue weighted by molar-refractivity contribution is 7.11. The predicted octanol–water partition coefficient (Wildman–Crippen LogP) is 2.29. The summed E-state index contributed by atoms with van der Waals surface area (Å²) >= 11 is 3.33. The van der Waals surface area contributed by atoms with Crippen LogP contribution in [0.25, 0.3) is 0 Å². The maximum absolute atomic E-state index is 11.9. The molecule has 0 spiro atoms. The molecule has 0 aromatic carbocycles. The summed E-state index contributed by atoms with van der Waals surface area (Å²) in [6.45, 7) is 0. The van der Waals surface area contributed by atoms with Crippen LogP contribution < -0.4 is 10.6 Å². The number of rotatable bonds is 4. The van der Waals surface area contributed by atoms with Crippen molar-refractivity contribution in [1.82, 2.24) is 10.6 Å². The lowest BCUT2D eigenvalue weighted by molar-refractivity contribution is -0.134. The molecule has 1 aliphatic rings. The largest absolute Gasteiger partial charge is 0.295 e. The highest BCUT2D eigenvalue weighted by atomic mass is 32.1. The van der Waals surface area contributed by atoms with E-state index in [1.165, 1.54) is 9.75 Å². The van der Waals surface area contributed by atoms with E-state index >= 15 is 0 Å². The molecule has 1 unspecified atom stereocenters. The van der Waals surface area contributed by atoms with Crippen molar-refractivity contribution in [1.29, 1.82) is 0 Å². The van der Waals surface area contributed by atoms with E-state index in [-0.39, 0.29) is 23.9 Å². The molecule has 6 heteroatoms. The van der Waals surface area contributed by atoms with Gasteiger partial charge in [-0.15, -0.1) is 22.7 Å². The number of amides is 2. The van der Waals surface area contributed by atoms with Crippen LogP contribution in [0.1, 0.15) is 28.6 Å². The van der Waals surface area contributed by atoms with Gasteiger partial charge in [-0.2, -0.15) is 0 Å². The van der Waals surface area contributed by atoms with Crippen LogP contribution in [0.5, 0.6) is 0 Å². The summed E-state index contributed by atoms with van der Waals surface area (Å²) in [6.07, 6.45) is 0.947. The van der Waals surface area contributed by atoms with Crippen molar-refractivity contribution in [2.45, 2.75) is 24.9 Å². The predicted molar refractivity (Wildman–Crippen MR) is 79.8 cm³/mol. The number of hydrogen-bond acceptors (Lipinski definition) is 5. The van der Waals surface area contributed by atoms with Crippen molar-refractivity contribution >= 4 is 34.5 Å². The van der Waals surface area contributed by atoms with E-state index in [0.29, 0.717) is 12.8 Å². The van der Waals surface area contributed by atoms with Gasteiger partial charge < -0.3 is 0 Å². The van der Waals surface area contributed by atoms with Crippen LogP contribution in [0.3, 0.4) is 0 Å². The van der Waals surface area contributed by atoms with Gasteiger partial charge in [-0.25, -0.2) is 0 Å². The first kappa shape index (κ1) is 13.5. The van der Waals surface area contributed by atoms with E-state index in [9.17, 15) is 9.59 Å². The lowest BCUT2D eigenvalue weighted by Gasteiger charge is -2.26. The third-order valence-corrected chi connectivity index (χ3v) is 5.14. The molecule has 2 amide bonds. The van der Waals surface area contributed by atoms with Gasteiger partial charge in [-0.05, 0) is 29.3 Å². The van der Waals surface area contributed by atoms with Gasteiger partial charge >= 0.3 is 0 Å². The zero-order valence-corrected chi connectivity index (χ0v) is 12.3. The molecule has 20 heavy (non-hydrogen) atoms. The van der Waals surface area contributed by atoms with Crippen LogP contribution >= 0.6 is 22.7 Å². The van der Waals surface area contributed by atoms with Gasteiger partial charge in [-0.1, -0.05) is 12.1 Å². The van der Waals surface area contributed by atoms with Crippen molar-refractivity contribution < 1.29 is 9.59 Å². The van der Waals surface area contributed by atoms with Gasteiger partial charge in [0.2, 0.25) is 11.8 Å². The number of thiophene rings is 2. The fourth-order valence-electron chi connectivity index (χ4n) is 2.27. The van der Waals surface area contributed by atoms with Gasteiger partial charge in [0.25, 0.3) is 0 Å². The molecule has 0 aliphatic carbocycles. The molecule has 0 bridgehead atoms. The number of carbonyl (C=O) groups excluding carboxylic acids is 2. The molecule has 1 atom stereocenters. The highest BCUT2D eigenvalue weighted by Gasteiger charge is 2.29. The van der Waals surface area contributed by atoms with Crippen molar-refractivity contribution in [3.8, 4) is 0 Å². The monoisotopic (exact) mass is 306 g/mol. The molecule has 0 saturated carbocycles. The summed E-state index contributed by atoms with van der Waals surface area (Å²) in [4.78, 5) is 25.5. The Morgan fingerprint density at radius 1 is 1.15 bits per heavy atom. The van der Waals surface area contributed by atoms with Crippen LogP contribution in [0.2, 0.25) is 0 Å². The van der Waals surface area contributed by atoms with Crippen LogP contribution in [-0.4, -0.2) is 17.9 Å². The molecule has 2 aromatic heterocycles. The van der Waals surface area contributed by atoms with E-state index in [2.05, 4.69) is 22.8 Å². The molecule has 2 N–H and O–H groups in total. The second kappa shape index (κ2) is 5.87. The van der Waals surface area contributed by atoms with Gasteiger partial charge in [0, 0.05) is 16.2 Å². The SMILES string of the molecule is O=C1CCC(NC(c2cccs2)c2cccs2)C(=O)N1. The first-order valence-corrected chi connectivity index (χ1v) is 8.16. The van der Waals surface area contributed by atoms with E-state index < -0.39 is 0 Å². The summed E-state index contributed by atoms with van der Waals surface area (Å²) in [5.74, 6) is -0.406. The molecular weight excluding hydrogens is 292 g/mol. The minimum absolute atomic E-state index is 0.0129. The van der Waals surface area contributed by atoms with Gasteiger partial charge in [0.15, 0.2) is 0 Å². The van der Waals surface area contributed by atoms with E-state index in [1.54, 1.807) is 22.7 Å². The Hall–Kier alpha value is -1.50. The van der Waals surface area contributed by atoms with Gasteiger partial charge in [-0.3, -0.25) is 20.2 Å². The lowest BCUT2D eigenvalue weighted by Crippen LogP contribution is -2.51. The fraction of sp³-hybridized carbons (Fsp3) is 0.286. The summed E-state index contributed by atoms with van der Waals surface area (Å²) in [7, 11) is 0. The Balaban J connectivity index is 1.81. The molecule has 3 heterocycles. The third kappa shape index (κ3) is 2.82. The Morgan fingerprint density at radius 2 is 1.80 bits per heavy atom. The maximum atomic E-state index is 11.9. The lowest BCUT2D eigenvalue weighted by atomic mass is 10.0. The molecule has 104 valence electrons. The van der Waals surface area contributed by atoms with Crippen LogP contribution in [0, 0.1) is 0 Å². The van der Waals surface area contributed by atoms with Crippen LogP contribution in [0.4, 0.5) is 0 Å². The maximum Gasteiger partial charge on any atom is 0.243 e. The van der Waals surface area contributed by atoms with Gasteiger partial charge in [0.1, 0.15) is 0 Å². The summed E-state index contributed by atoms with van der Waals surface area (Å²) in [5, 5.41) is 9.84. The van der Waals surface area contributed by atoms with E-state index in [4.69, 9.17) is 0 Å². The third-order valence-electron chi connectivity index (χ3n) is 3.26. The highest BCUT2D eigenvalue weighted by Crippen LogP contribution is 2.30. The Kier molecular flexibility index (Phi) is 3.95. The van der Waals surface area contributed by atoms with Crippen molar-refractivity contribution in [3.63, 3.8) is 0 Å². The average molecular weight is 306 g/mol. The molecule has 1 aliphatic heterocycles. The summed E-state index contributed by atoms with van der Waals surface area (Å²) < 4.78 is 0. The smallest absolute Gasteiger partial charge is 0.243 e. The normalized spacial score (nSPS) is 19.4. The van der Waals surface area contributed by atoms with Crippen molar-refractivity contribution in [3.05, 3.63) is 44.8 Å². The summed E-state index contributed by atoms with van der Waals surface area (Å²) in [6, 6.07) is 7.84. The average Bonchev–Trinajstić information content (AvgIpc) is 3.11. The first-order valence-electron chi connectivity index (χ1n) is 6.40. The second-order valence-electron chi connectivity index (χ2n) is 4.63. The fourth-order valence-corrected chi connectivity index (χ4v) is 3.95. The summed E-state index contributed by atoms with van der Waals surface area (Å²) in [5.41, 5.74) is 0. The second-order valence-corrected chi connectivity index (χ2v) is 6.59. The minimum atomic E-state index is -0.318. The number of imide groups is 1. The number of piperidine rings is 1. The molecule has 4 nitrogen and oxygen atoms in total. The van der Waals surface area contributed by atoms with Crippen molar-refractivity contribution in [2.24, 2.45) is 0 Å². The van der Waals surface area contributed by atoms with Crippen LogP contribution in [-0.2, 0) is 9.59 Å².